The van der Waals surface area contributed by atoms with E-state index in [1.807, 2.05) is 0 Å². The van der Waals surface area contributed by atoms with Crippen LogP contribution < -0.4 is 0 Å². The van der Waals surface area contributed by atoms with Crippen LogP contribution in [0, 0.1) is 0 Å². The van der Waals surface area contributed by atoms with Crippen molar-refractivity contribution in [2.45, 2.75) is 0 Å². The number of fused-ring (bicyclic) bond motifs is 15. The zero-order valence-corrected chi connectivity index (χ0v) is 22.6. The molecule has 0 amide bonds. The van der Waals surface area contributed by atoms with E-state index in [4.69, 9.17) is 4.42 Å². The Bertz CT molecular complexity index is 2740. The van der Waals surface area contributed by atoms with E-state index in [9.17, 15) is 0 Å². The molecule has 2 aromatic heterocycles. The molecule has 2 heterocycles. The minimum Gasteiger partial charge on any atom is -0.455 e. The first kappa shape index (κ1) is 22.1. The fourth-order valence-corrected chi connectivity index (χ4v) is 7.35. The SMILES string of the molecule is c1ccc2c(c1)ccc1c3cc(-n4c5ccccc5c5c6ccc7ccccc7c6c6ccccc6c54)ccc3oc21. The molecule has 194 valence electrons. The highest BCUT2D eigenvalue weighted by Crippen LogP contribution is 2.45. The monoisotopic (exact) mass is 533 g/mol. The summed E-state index contributed by atoms with van der Waals surface area (Å²) >= 11 is 0. The van der Waals surface area contributed by atoms with E-state index >= 15 is 0 Å². The molecule has 0 aliphatic heterocycles. The number of hydrogen-bond donors (Lipinski definition) is 0. The molecule has 0 unspecified atom stereocenters. The molecule has 0 atom stereocenters. The lowest BCUT2D eigenvalue weighted by atomic mass is 9.93. The maximum atomic E-state index is 6.47. The van der Waals surface area contributed by atoms with Gasteiger partial charge in [-0.05, 0) is 62.6 Å². The number of aromatic nitrogens is 1. The normalized spacial score (nSPS) is 12.3. The van der Waals surface area contributed by atoms with Crippen LogP contribution in [0.4, 0.5) is 0 Å². The summed E-state index contributed by atoms with van der Waals surface area (Å²) in [6, 6.07) is 50.6. The number of para-hydroxylation sites is 1. The lowest BCUT2D eigenvalue weighted by molar-refractivity contribution is 0.672. The van der Waals surface area contributed by atoms with Crippen molar-refractivity contribution >= 4 is 86.8 Å². The van der Waals surface area contributed by atoms with Gasteiger partial charge in [-0.3, -0.25) is 0 Å². The zero-order valence-electron chi connectivity index (χ0n) is 22.6. The third-order valence-corrected chi connectivity index (χ3v) is 9.13. The van der Waals surface area contributed by atoms with E-state index in [2.05, 4.69) is 144 Å². The molecule has 0 aliphatic rings. The minimum atomic E-state index is 0.910. The Labute approximate surface area is 240 Å². The number of hydrogen-bond acceptors (Lipinski definition) is 1. The van der Waals surface area contributed by atoms with Crippen LogP contribution in [-0.4, -0.2) is 4.57 Å². The second-order valence-corrected chi connectivity index (χ2v) is 11.3. The second kappa shape index (κ2) is 7.99. The number of benzene rings is 8. The van der Waals surface area contributed by atoms with Gasteiger partial charge in [0.15, 0.2) is 0 Å². The van der Waals surface area contributed by atoms with Crippen molar-refractivity contribution in [3.63, 3.8) is 0 Å². The van der Waals surface area contributed by atoms with Crippen LogP contribution in [0.1, 0.15) is 0 Å². The lowest BCUT2D eigenvalue weighted by Gasteiger charge is -2.14. The van der Waals surface area contributed by atoms with Gasteiger partial charge in [0.1, 0.15) is 11.2 Å². The van der Waals surface area contributed by atoms with Crippen LogP contribution in [0.2, 0.25) is 0 Å². The van der Waals surface area contributed by atoms with Crippen molar-refractivity contribution in [1.29, 1.82) is 0 Å². The Kier molecular flexibility index (Phi) is 4.21. The molecule has 0 saturated carbocycles. The number of furan rings is 1. The average Bonchev–Trinajstić information content (AvgIpc) is 3.61. The highest BCUT2D eigenvalue weighted by Gasteiger charge is 2.20. The van der Waals surface area contributed by atoms with Crippen molar-refractivity contribution < 1.29 is 4.42 Å². The average molecular weight is 534 g/mol. The Morgan fingerprint density at radius 1 is 0.405 bits per heavy atom. The molecule has 42 heavy (non-hydrogen) atoms. The third-order valence-electron chi connectivity index (χ3n) is 9.13. The molecule has 2 heteroatoms. The summed E-state index contributed by atoms with van der Waals surface area (Å²) < 4.78 is 8.93. The maximum Gasteiger partial charge on any atom is 0.143 e. The molecule has 10 aromatic rings. The Balaban J connectivity index is 1.40. The molecular weight excluding hydrogens is 510 g/mol. The standard InChI is InChI=1S/C40H23NO/c1-3-11-27-24(9-1)18-21-33-37(27)29-13-5-6-14-30(29)39-38(33)32-15-7-8-16-35(32)41(39)26-19-22-36-34(23-26)31-20-17-25-10-2-4-12-28(25)40(31)42-36/h1-23H. The summed E-state index contributed by atoms with van der Waals surface area (Å²) in [6.45, 7) is 0. The van der Waals surface area contributed by atoms with Gasteiger partial charge in [0.05, 0.1) is 11.0 Å². The maximum absolute atomic E-state index is 6.47. The van der Waals surface area contributed by atoms with Crippen molar-refractivity contribution in [2.24, 2.45) is 0 Å². The third kappa shape index (κ3) is 2.78. The predicted octanol–water partition coefficient (Wildman–Crippen LogP) is 11.3. The van der Waals surface area contributed by atoms with E-state index in [1.165, 1.54) is 59.5 Å². The molecule has 8 aromatic carbocycles. The summed E-state index contributed by atoms with van der Waals surface area (Å²) in [5.74, 6) is 0. The largest absolute Gasteiger partial charge is 0.455 e. The first-order valence-electron chi connectivity index (χ1n) is 14.4. The quantitative estimate of drug-likeness (QED) is 0.192. The van der Waals surface area contributed by atoms with Gasteiger partial charge in [-0.25, -0.2) is 0 Å². The molecule has 0 fully saturated rings. The Morgan fingerprint density at radius 2 is 1.05 bits per heavy atom. The highest BCUT2D eigenvalue weighted by molar-refractivity contribution is 6.36. The van der Waals surface area contributed by atoms with Crippen molar-refractivity contribution in [1.82, 2.24) is 4.57 Å². The fourth-order valence-electron chi connectivity index (χ4n) is 7.35. The summed E-state index contributed by atoms with van der Waals surface area (Å²) in [7, 11) is 0. The fraction of sp³-hybridized carbons (Fsp3) is 0. The van der Waals surface area contributed by atoms with Gasteiger partial charge in [0.25, 0.3) is 0 Å². The van der Waals surface area contributed by atoms with E-state index in [-0.39, 0.29) is 0 Å². The number of rotatable bonds is 1. The minimum absolute atomic E-state index is 0.910. The van der Waals surface area contributed by atoms with Crippen molar-refractivity contribution in [3.05, 3.63) is 140 Å². The molecule has 2 nitrogen and oxygen atoms in total. The smallest absolute Gasteiger partial charge is 0.143 e. The van der Waals surface area contributed by atoms with Crippen LogP contribution in [0.25, 0.3) is 92.5 Å². The van der Waals surface area contributed by atoms with Gasteiger partial charge in [0, 0.05) is 38.0 Å². The van der Waals surface area contributed by atoms with Crippen LogP contribution in [0.3, 0.4) is 0 Å². The molecule has 0 spiro atoms. The second-order valence-electron chi connectivity index (χ2n) is 11.3. The van der Waals surface area contributed by atoms with E-state index in [1.54, 1.807) is 0 Å². The van der Waals surface area contributed by atoms with Crippen LogP contribution in [-0.2, 0) is 0 Å². The first-order chi connectivity index (χ1) is 20.8. The first-order valence-corrected chi connectivity index (χ1v) is 14.4. The topological polar surface area (TPSA) is 18.1 Å². The van der Waals surface area contributed by atoms with Crippen molar-refractivity contribution in [2.75, 3.05) is 0 Å². The molecule has 0 saturated heterocycles. The van der Waals surface area contributed by atoms with Gasteiger partial charge in [-0.2, -0.15) is 0 Å². The van der Waals surface area contributed by atoms with Crippen LogP contribution in [0.15, 0.2) is 144 Å². The summed E-state index contributed by atoms with van der Waals surface area (Å²) in [4.78, 5) is 0. The molecule has 0 aliphatic carbocycles. The molecule has 10 rings (SSSR count). The van der Waals surface area contributed by atoms with Crippen LogP contribution in [0.5, 0.6) is 0 Å². The lowest BCUT2D eigenvalue weighted by Crippen LogP contribution is -1.95. The zero-order chi connectivity index (χ0) is 27.4. The van der Waals surface area contributed by atoms with Gasteiger partial charge >= 0.3 is 0 Å². The highest BCUT2D eigenvalue weighted by atomic mass is 16.3. The molecular formula is C40H23NO. The van der Waals surface area contributed by atoms with Gasteiger partial charge in [-0.1, -0.05) is 109 Å². The van der Waals surface area contributed by atoms with Gasteiger partial charge < -0.3 is 8.98 Å². The number of nitrogens with zero attached hydrogens (tertiary/aromatic N) is 1. The Hall–Kier alpha value is -5.60. The molecule has 0 bridgehead atoms. The van der Waals surface area contributed by atoms with Gasteiger partial charge in [0.2, 0.25) is 0 Å². The van der Waals surface area contributed by atoms with Crippen LogP contribution >= 0.6 is 0 Å². The Morgan fingerprint density at radius 3 is 1.88 bits per heavy atom. The molecule has 0 N–H and O–H groups in total. The van der Waals surface area contributed by atoms with E-state index in [0.29, 0.717) is 0 Å². The summed E-state index contributed by atoms with van der Waals surface area (Å²) in [5.41, 5.74) is 5.44. The van der Waals surface area contributed by atoms with Crippen molar-refractivity contribution in [3.8, 4) is 5.69 Å². The van der Waals surface area contributed by atoms with E-state index < -0.39 is 0 Å². The summed E-state index contributed by atoms with van der Waals surface area (Å²) in [5, 5.41) is 14.9. The van der Waals surface area contributed by atoms with E-state index in [0.717, 1.165) is 33.0 Å². The predicted molar refractivity (Wildman–Crippen MR) is 178 cm³/mol. The summed E-state index contributed by atoms with van der Waals surface area (Å²) in [6.07, 6.45) is 0. The van der Waals surface area contributed by atoms with Gasteiger partial charge in [-0.15, -0.1) is 0 Å². The molecule has 0 radical (unpaired) electrons.